The molecule has 5 nitrogen and oxygen atoms in total. The van der Waals surface area contributed by atoms with Gasteiger partial charge in [-0.3, -0.25) is 4.79 Å². The van der Waals surface area contributed by atoms with Crippen LogP contribution in [0.25, 0.3) is 5.70 Å². The highest BCUT2D eigenvalue weighted by Gasteiger charge is 2.43. The third kappa shape index (κ3) is 1.17. The van der Waals surface area contributed by atoms with E-state index in [1.807, 2.05) is 18.2 Å². The van der Waals surface area contributed by atoms with Gasteiger partial charge in [0.2, 0.25) is 5.78 Å². The van der Waals surface area contributed by atoms with Crippen LogP contribution >= 0.6 is 0 Å². The molecule has 0 unspecified atom stereocenters. The lowest BCUT2D eigenvalue weighted by atomic mass is 10.1. The first-order valence-electron chi connectivity index (χ1n) is 5.79. The fourth-order valence-corrected chi connectivity index (χ4v) is 2.45. The molecule has 90 valence electrons. The van der Waals surface area contributed by atoms with Crippen LogP contribution in [0.2, 0.25) is 0 Å². The van der Waals surface area contributed by atoms with Gasteiger partial charge >= 0.3 is 0 Å². The van der Waals surface area contributed by atoms with Gasteiger partial charge in [-0.2, -0.15) is 0 Å². The van der Waals surface area contributed by atoms with E-state index in [9.17, 15) is 4.79 Å². The van der Waals surface area contributed by atoms with Crippen LogP contribution in [0.5, 0.6) is 0 Å². The fraction of sp³-hybridized carbons (Fsp3) is 0.231. The van der Waals surface area contributed by atoms with Gasteiger partial charge in [-0.1, -0.05) is 24.3 Å². The Morgan fingerprint density at radius 2 is 1.89 bits per heavy atom. The lowest BCUT2D eigenvalue weighted by molar-refractivity contribution is -0.108. The molecular formula is C13H10N2O3. The maximum atomic E-state index is 12.1. The summed E-state index contributed by atoms with van der Waals surface area (Å²) in [5.74, 6) is -1.06. The predicted molar refractivity (Wildman–Crippen MR) is 64.0 cm³/mol. The van der Waals surface area contributed by atoms with E-state index in [2.05, 4.69) is 10.3 Å². The Hall–Kier alpha value is -1.98. The predicted octanol–water partition coefficient (Wildman–Crippen LogP) is 0.926. The van der Waals surface area contributed by atoms with E-state index in [1.165, 1.54) is 6.21 Å². The zero-order valence-corrected chi connectivity index (χ0v) is 9.47. The minimum Gasteiger partial charge on any atom is -0.327 e. The number of rotatable bonds is 0. The maximum Gasteiger partial charge on any atom is 0.288 e. The molecule has 4 rings (SSSR count). The summed E-state index contributed by atoms with van der Waals surface area (Å²) in [7, 11) is 0. The normalized spacial score (nSPS) is 23.2. The van der Waals surface area contributed by atoms with Gasteiger partial charge < -0.3 is 14.8 Å². The first-order valence-corrected chi connectivity index (χ1v) is 5.79. The highest BCUT2D eigenvalue weighted by atomic mass is 16.8. The number of carbonyl (C=O) groups excluding carboxylic acids is 1. The number of aliphatic imine (C=N–C) groups is 1. The number of nitrogens with zero attached hydrogens (tertiary/aromatic N) is 1. The molecule has 0 atom stereocenters. The number of ketones is 1. The molecule has 0 amide bonds. The van der Waals surface area contributed by atoms with Crippen molar-refractivity contribution in [2.75, 3.05) is 13.2 Å². The Kier molecular flexibility index (Phi) is 1.82. The number of carbonyl (C=O) groups is 1. The Balaban J connectivity index is 1.84. The van der Waals surface area contributed by atoms with Gasteiger partial charge in [-0.25, -0.2) is 4.99 Å². The number of Topliss-reactive ketones (excluding diaryl/α,β-unsaturated/α-hetero) is 1. The van der Waals surface area contributed by atoms with Crippen LogP contribution in [0.4, 0.5) is 0 Å². The number of fused-ring (bicyclic) bond motifs is 2. The molecule has 1 aromatic carbocycles. The van der Waals surface area contributed by atoms with Crippen LogP contribution in [0.3, 0.4) is 0 Å². The van der Waals surface area contributed by atoms with Gasteiger partial charge in [0.25, 0.3) is 5.91 Å². The summed E-state index contributed by atoms with van der Waals surface area (Å²) < 4.78 is 11.0. The third-order valence-electron chi connectivity index (χ3n) is 3.27. The zero-order chi connectivity index (χ0) is 12.2. The molecule has 1 N–H and O–H groups in total. The molecule has 1 aliphatic carbocycles. The summed E-state index contributed by atoms with van der Waals surface area (Å²) in [6, 6.07) is 7.44. The van der Waals surface area contributed by atoms with Crippen molar-refractivity contribution in [2.24, 2.45) is 4.99 Å². The van der Waals surface area contributed by atoms with E-state index in [1.54, 1.807) is 6.07 Å². The van der Waals surface area contributed by atoms with Crippen LogP contribution in [0.15, 0.2) is 35.0 Å². The summed E-state index contributed by atoms with van der Waals surface area (Å²) >= 11 is 0. The van der Waals surface area contributed by atoms with Crippen LogP contribution in [-0.4, -0.2) is 31.1 Å². The van der Waals surface area contributed by atoms with Gasteiger partial charge in [-0.15, -0.1) is 0 Å². The zero-order valence-electron chi connectivity index (χ0n) is 9.47. The largest absolute Gasteiger partial charge is 0.327 e. The molecule has 2 aliphatic heterocycles. The number of benzene rings is 1. The van der Waals surface area contributed by atoms with Gasteiger partial charge in [0.1, 0.15) is 5.70 Å². The second kappa shape index (κ2) is 3.28. The Bertz CT molecular complexity index is 612. The van der Waals surface area contributed by atoms with E-state index in [-0.39, 0.29) is 5.78 Å². The Morgan fingerprint density at radius 1 is 1.17 bits per heavy atom. The minimum absolute atomic E-state index is 0.0582. The summed E-state index contributed by atoms with van der Waals surface area (Å²) in [5.41, 5.74) is 2.65. The van der Waals surface area contributed by atoms with Crippen molar-refractivity contribution in [3.8, 4) is 0 Å². The van der Waals surface area contributed by atoms with Crippen molar-refractivity contribution in [1.29, 1.82) is 0 Å². The molecule has 5 heteroatoms. The molecule has 2 heterocycles. The number of nitrogens with one attached hydrogen (secondary N) is 1. The number of ether oxygens (including phenoxy) is 2. The molecule has 1 saturated heterocycles. The molecule has 3 aliphatic rings. The van der Waals surface area contributed by atoms with Gasteiger partial charge in [-0.05, 0) is 0 Å². The SMILES string of the molecule is O=C1C2=C(NC3(C=N2)OCCO3)c2ccccc21. The first kappa shape index (κ1) is 9.99. The molecule has 1 fully saturated rings. The Labute approximate surface area is 103 Å². The topological polar surface area (TPSA) is 59.9 Å². The van der Waals surface area contributed by atoms with Crippen LogP contribution in [-0.2, 0) is 9.47 Å². The summed E-state index contributed by atoms with van der Waals surface area (Å²) in [6.07, 6.45) is 1.52. The maximum absolute atomic E-state index is 12.1. The van der Waals surface area contributed by atoms with Crippen molar-refractivity contribution in [1.82, 2.24) is 5.32 Å². The average Bonchev–Trinajstić information content (AvgIpc) is 2.96. The average molecular weight is 242 g/mol. The van der Waals surface area contributed by atoms with E-state index in [0.717, 1.165) is 5.56 Å². The second-order valence-electron chi connectivity index (χ2n) is 4.35. The molecule has 1 aromatic rings. The van der Waals surface area contributed by atoms with Crippen molar-refractivity contribution in [3.63, 3.8) is 0 Å². The standard InChI is InChI=1S/C13H10N2O3/c16-12-9-4-2-1-3-8(9)10-11(12)14-7-13(15-10)17-5-6-18-13/h1-4,7,15H,5-6H2. The third-order valence-corrected chi connectivity index (χ3v) is 3.27. The van der Waals surface area contributed by atoms with Crippen molar-refractivity contribution < 1.29 is 14.3 Å². The lowest BCUT2D eigenvalue weighted by Crippen LogP contribution is -2.48. The van der Waals surface area contributed by atoms with E-state index in [0.29, 0.717) is 30.2 Å². The van der Waals surface area contributed by atoms with Crippen LogP contribution in [0.1, 0.15) is 15.9 Å². The molecular weight excluding hydrogens is 232 g/mol. The van der Waals surface area contributed by atoms with Crippen molar-refractivity contribution >= 4 is 17.7 Å². The van der Waals surface area contributed by atoms with E-state index in [4.69, 9.17) is 9.47 Å². The van der Waals surface area contributed by atoms with Gasteiger partial charge in [0.05, 0.1) is 25.1 Å². The lowest BCUT2D eigenvalue weighted by Gasteiger charge is -2.28. The fourth-order valence-electron chi connectivity index (χ4n) is 2.45. The smallest absolute Gasteiger partial charge is 0.288 e. The molecule has 18 heavy (non-hydrogen) atoms. The van der Waals surface area contributed by atoms with Crippen LogP contribution < -0.4 is 5.32 Å². The Morgan fingerprint density at radius 3 is 2.67 bits per heavy atom. The summed E-state index contributed by atoms with van der Waals surface area (Å²) in [6.45, 7) is 1.02. The van der Waals surface area contributed by atoms with Gasteiger partial charge in [0, 0.05) is 11.1 Å². The van der Waals surface area contributed by atoms with E-state index < -0.39 is 5.91 Å². The van der Waals surface area contributed by atoms with Crippen molar-refractivity contribution in [2.45, 2.75) is 5.91 Å². The van der Waals surface area contributed by atoms with Crippen molar-refractivity contribution in [3.05, 3.63) is 41.1 Å². The summed E-state index contributed by atoms with van der Waals surface area (Å²) in [4.78, 5) is 16.4. The summed E-state index contributed by atoms with van der Waals surface area (Å²) in [5, 5.41) is 3.14. The van der Waals surface area contributed by atoms with Gasteiger partial charge in [0.15, 0.2) is 0 Å². The monoisotopic (exact) mass is 242 g/mol. The highest BCUT2D eigenvalue weighted by molar-refractivity contribution is 6.21. The molecule has 0 aromatic heterocycles. The number of hydrogen-bond donors (Lipinski definition) is 1. The van der Waals surface area contributed by atoms with Crippen LogP contribution in [0, 0.1) is 0 Å². The first-order chi connectivity index (χ1) is 8.79. The molecule has 0 radical (unpaired) electrons. The highest BCUT2D eigenvalue weighted by Crippen LogP contribution is 2.36. The number of hydrogen-bond acceptors (Lipinski definition) is 5. The quantitative estimate of drug-likeness (QED) is 0.735. The second-order valence-corrected chi connectivity index (χ2v) is 4.35. The molecule has 1 spiro atoms. The minimum atomic E-state index is -1.00. The molecule has 0 saturated carbocycles. The van der Waals surface area contributed by atoms with E-state index >= 15 is 0 Å². The number of allylic oxidation sites excluding steroid dienone is 1. The molecule has 0 bridgehead atoms.